The number of aromatic hydroxyl groups is 1. The second-order valence-electron chi connectivity index (χ2n) is 4.85. The molecule has 0 bridgehead atoms. The predicted molar refractivity (Wildman–Crippen MR) is 82.9 cm³/mol. The first-order chi connectivity index (χ1) is 10.2. The van der Waals surface area contributed by atoms with E-state index in [2.05, 4.69) is 12.2 Å². The Balaban J connectivity index is 2.05. The number of phenols is 1. The monoisotopic (exact) mass is 287 g/mol. The molecule has 2 aromatic carbocycles. The first-order valence-electron chi connectivity index (χ1n) is 6.88. The number of ether oxygens (including phenoxy) is 2. The Labute approximate surface area is 125 Å². The molecule has 2 rings (SSSR count). The second kappa shape index (κ2) is 6.99. The molecule has 0 saturated heterocycles. The van der Waals surface area contributed by atoms with Crippen molar-refractivity contribution >= 4 is 0 Å². The van der Waals surface area contributed by atoms with Crippen LogP contribution in [-0.2, 0) is 6.54 Å². The van der Waals surface area contributed by atoms with Crippen molar-refractivity contribution in [2.75, 3.05) is 14.2 Å². The van der Waals surface area contributed by atoms with Crippen LogP contribution in [0.2, 0.25) is 0 Å². The Hall–Kier alpha value is -2.20. The summed E-state index contributed by atoms with van der Waals surface area (Å²) in [5.41, 5.74) is 2.16. The van der Waals surface area contributed by atoms with Crippen molar-refractivity contribution < 1.29 is 14.6 Å². The maximum Gasteiger partial charge on any atom is 0.160 e. The van der Waals surface area contributed by atoms with Gasteiger partial charge >= 0.3 is 0 Å². The lowest BCUT2D eigenvalue weighted by atomic mass is 10.1. The quantitative estimate of drug-likeness (QED) is 0.856. The number of benzene rings is 2. The van der Waals surface area contributed by atoms with E-state index in [1.165, 1.54) is 0 Å². The Morgan fingerprint density at radius 3 is 2.48 bits per heavy atom. The van der Waals surface area contributed by atoms with Gasteiger partial charge in [-0.3, -0.25) is 0 Å². The van der Waals surface area contributed by atoms with Crippen LogP contribution in [0.1, 0.15) is 24.1 Å². The first kappa shape index (κ1) is 15.2. The summed E-state index contributed by atoms with van der Waals surface area (Å²) in [6, 6.07) is 13.5. The molecular formula is C17H21NO3. The van der Waals surface area contributed by atoms with Crippen molar-refractivity contribution in [3.63, 3.8) is 0 Å². The highest BCUT2D eigenvalue weighted by Crippen LogP contribution is 2.27. The Bertz CT molecular complexity index is 598. The molecule has 0 unspecified atom stereocenters. The van der Waals surface area contributed by atoms with E-state index in [1.807, 2.05) is 36.4 Å². The van der Waals surface area contributed by atoms with Crippen LogP contribution in [0.3, 0.4) is 0 Å². The number of hydrogen-bond donors (Lipinski definition) is 2. The van der Waals surface area contributed by atoms with Crippen molar-refractivity contribution in [1.29, 1.82) is 0 Å². The molecule has 0 radical (unpaired) electrons. The van der Waals surface area contributed by atoms with Crippen LogP contribution in [0.25, 0.3) is 0 Å². The highest BCUT2D eigenvalue weighted by molar-refractivity contribution is 5.42. The number of methoxy groups -OCH3 is 2. The van der Waals surface area contributed by atoms with Gasteiger partial charge in [-0.1, -0.05) is 24.3 Å². The Kier molecular flexibility index (Phi) is 5.06. The number of nitrogens with one attached hydrogen (secondary N) is 1. The molecule has 0 saturated carbocycles. The third-order valence-corrected chi connectivity index (χ3v) is 3.46. The van der Waals surface area contributed by atoms with Crippen molar-refractivity contribution in [1.82, 2.24) is 5.32 Å². The molecule has 0 fully saturated rings. The van der Waals surface area contributed by atoms with Gasteiger partial charge in [0.1, 0.15) is 5.75 Å². The van der Waals surface area contributed by atoms with E-state index in [0.717, 1.165) is 16.9 Å². The fraction of sp³-hybridized carbons (Fsp3) is 0.294. The molecule has 1 atom stereocenters. The maximum atomic E-state index is 9.60. The van der Waals surface area contributed by atoms with Gasteiger partial charge in [-0.05, 0) is 30.7 Å². The zero-order chi connectivity index (χ0) is 15.2. The highest BCUT2D eigenvalue weighted by atomic mass is 16.5. The summed E-state index contributed by atoms with van der Waals surface area (Å²) in [4.78, 5) is 0. The molecule has 4 heteroatoms. The summed E-state index contributed by atoms with van der Waals surface area (Å²) in [5.74, 6) is 1.51. The lowest BCUT2D eigenvalue weighted by Gasteiger charge is -2.17. The van der Waals surface area contributed by atoms with Crippen molar-refractivity contribution in [3.05, 3.63) is 53.6 Å². The molecule has 0 amide bonds. The molecule has 0 spiro atoms. The van der Waals surface area contributed by atoms with Gasteiger partial charge in [0.15, 0.2) is 11.5 Å². The van der Waals surface area contributed by atoms with E-state index in [4.69, 9.17) is 9.47 Å². The summed E-state index contributed by atoms with van der Waals surface area (Å²) in [6.07, 6.45) is 0. The molecule has 0 heterocycles. The Morgan fingerprint density at radius 1 is 1.05 bits per heavy atom. The number of phenolic OH excluding ortho intramolecular Hbond substituents is 1. The average molecular weight is 287 g/mol. The van der Waals surface area contributed by atoms with E-state index in [0.29, 0.717) is 12.3 Å². The summed E-state index contributed by atoms with van der Waals surface area (Å²) in [5, 5.41) is 13.0. The predicted octanol–water partition coefficient (Wildman–Crippen LogP) is 3.26. The van der Waals surface area contributed by atoms with Crippen LogP contribution in [0.4, 0.5) is 0 Å². The summed E-state index contributed by atoms with van der Waals surface area (Å²) < 4.78 is 10.5. The molecule has 4 nitrogen and oxygen atoms in total. The zero-order valence-electron chi connectivity index (χ0n) is 12.6. The SMILES string of the molecule is COc1cc(CN[C@H](C)c2ccccc2OC)ccc1O. The lowest BCUT2D eigenvalue weighted by molar-refractivity contribution is 0.372. The summed E-state index contributed by atoms with van der Waals surface area (Å²) >= 11 is 0. The van der Waals surface area contributed by atoms with Gasteiger partial charge in [0.25, 0.3) is 0 Å². The van der Waals surface area contributed by atoms with E-state index in [1.54, 1.807) is 20.3 Å². The number of rotatable bonds is 6. The Morgan fingerprint density at radius 2 is 1.76 bits per heavy atom. The van der Waals surface area contributed by atoms with Gasteiger partial charge in [-0.15, -0.1) is 0 Å². The topological polar surface area (TPSA) is 50.7 Å². The van der Waals surface area contributed by atoms with Crippen LogP contribution in [0.15, 0.2) is 42.5 Å². The normalized spacial score (nSPS) is 12.0. The molecule has 112 valence electrons. The van der Waals surface area contributed by atoms with Crippen LogP contribution in [0.5, 0.6) is 17.2 Å². The van der Waals surface area contributed by atoms with E-state index in [-0.39, 0.29) is 11.8 Å². The lowest BCUT2D eigenvalue weighted by Crippen LogP contribution is -2.18. The number of para-hydroxylation sites is 1. The van der Waals surface area contributed by atoms with Crippen molar-refractivity contribution in [2.24, 2.45) is 0 Å². The average Bonchev–Trinajstić information content (AvgIpc) is 2.53. The third kappa shape index (κ3) is 3.67. The molecular weight excluding hydrogens is 266 g/mol. The van der Waals surface area contributed by atoms with Gasteiger partial charge in [-0.2, -0.15) is 0 Å². The number of hydrogen-bond acceptors (Lipinski definition) is 4. The first-order valence-corrected chi connectivity index (χ1v) is 6.88. The molecule has 21 heavy (non-hydrogen) atoms. The summed E-state index contributed by atoms with van der Waals surface area (Å²) in [7, 11) is 3.22. The minimum atomic E-state index is 0.152. The highest BCUT2D eigenvalue weighted by Gasteiger charge is 2.10. The molecule has 0 aliphatic carbocycles. The molecule has 2 aromatic rings. The fourth-order valence-electron chi connectivity index (χ4n) is 2.24. The molecule has 0 aliphatic rings. The molecule has 0 aromatic heterocycles. The van der Waals surface area contributed by atoms with E-state index >= 15 is 0 Å². The molecule has 0 aliphatic heterocycles. The zero-order valence-corrected chi connectivity index (χ0v) is 12.6. The largest absolute Gasteiger partial charge is 0.504 e. The van der Waals surface area contributed by atoms with E-state index < -0.39 is 0 Å². The minimum absolute atomic E-state index is 0.152. The fourth-order valence-corrected chi connectivity index (χ4v) is 2.24. The van der Waals surface area contributed by atoms with E-state index in [9.17, 15) is 5.11 Å². The van der Waals surface area contributed by atoms with Crippen molar-refractivity contribution in [2.45, 2.75) is 19.5 Å². The molecule has 2 N–H and O–H groups in total. The van der Waals surface area contributed by atoms with Gasteiger partial charge in [-0.25, -0.2) is 0 Å². The van der Waals surface area contributed by atoms with Gasteiger partial charge in [0.05, 0.1) is 14.2 Å². The minimum Gasteiger partial charge on any atom is -0.504 e. The summed E-state index contributed by atoms with van der Waals surface area (Å²) in [6.45, 7) is 2.77. The van der Waals surface area contributed by atoms with Gasteiger partial charge < -0.3 is 19.9 Å². The van der Waals surface area contributed by atoms with Crippen molar-refractivity contribution in [3.8, 4) is 17.2 Å². The van der Waals surface area contributed by atoms with Crippen LogP contribution < -0.4 is 14.8 Å². The maximum absolute atomic E-state index is 9.60. The van der Waals surface area contributed by atoms with Crippen LogP contribution >= 0.6 is 0 Å². The van der Waals surface area contributed by atoms with Crippen LogP contribution in [-0.4, -0.2) is 19.3 Å². The van der Waals surface area contributed by atoms with Crippen LogP contribution in [0, 0.1) is 0 Å². The van der Waals surface area contributed by atoms with Gasteiger partial charge in [0.2, 0.25) is 0 Å². The smallest absolute Gasteiger partial charge is 0.160 e. The third-order valence-electron chi connectivity index (χ3n) is 3.46. The second-order valence-corrected chi connectivity index (χ2v) is 4.85. The standard InChI is InChI=1S/C17H21NO3/c1-12(14-6-4-5-7-16(14)20-2)18-11-13-8-9-15(19)17(10-13)21-3/h4-10,12,18-19H,11H2,1-3H3/t12-/m1/s1. The van der Waals surface area contributed by atoms with Gasteiger partial charge in [0, 0.05) is 18.2 Å².